The Bertz CT molecular complexity index is 1070. The second kappa shape index (κ2) is 11.3. The van der Waals surface area contributed by atoms with Gasteiger partial charge in [0.1, 0.15) is 10.7 Å². The number of rotatable bonds is 4. The first kappa shape index (κ1) is 24.0. The van der Waals surface area contributed by atoms with Crippen LogP contribution in [0.4, 0.5) is 16.3 Å². The normalized spacial score (nSPS) is 13.2. The summed E-state index contributed by atoms with van der Waals surface area (Å²) in [5.41, 5.74) is 2.21. The third kappa shape index (κ3) is 5.77. The molecule has 4 rings (SSSR count). The monoisotopic (exact) mass is 564 g/mol. The standard InChI is InChI=1S/C22H22N4O3S.CH3I/c1-15-6-5-9-19(23-15)25-10-12-26(13-11-25)22(29)24-17-14-18(30-20(17)21(27)28)16-7-3-2-4-8-16;1-2/h2-9,14H,10-13H2,1H3,(H,24,29)(H,27,28);1H3. The summed E-state index contributed by atoms with van der Waals surface area (Å²) >= 11 is 3.31. The number of aromatic nitrogens is 1. The van der Waals surface area contributed by atoms with E-state index in [2.05, 4.69) is 37.8 Å². The van der Waals surface area contributed by atoms with Crippen LogP contribution in [0.25, 0.3) is 10.4 Å². The number of hydrogen-bond donors (Lipinski definition) is 2. The molecule has 1 aliphatic rings. The van der Waals surface area contributed by atoms with E-state index in [-0.39, 0.29) is 10.9 Å². The molecule has 9 heteroatoms. The number of carbonyl (C=O) groups excluding carboxylic acids is 1. The number of carbonyl (C=O) groups is 2. The Morgan fingerprint density at radius 1 is 1.03 bits per heavy atom. The number of halogens is 1. The SMILES string of the molecule is CI.Cc1cccc(N2CCN(C(=O)Nc3cc(-c4ccccc4)sc3C(=O)O)CC2)n1. The van der Waals surface area contributed by atoms with Crippen LogP contribution in [0, 0.1) is 6.92 Å². The van der Waals surface area contributed by atoms with Crippen molar-refractivity contribution in [1.29, 1.82) is 0 Å². The zero-order valence-corrected chi connectivity index (χ0v) is 20.9. The maximum Gasteiger partial charge on any atom is 0.348 e. The Labute approximate surface area is 205 Å². The van der Waals surface area contributed by atoms with Gasteiger partial charge in [-0.05, 0) is 35.6 Å². The van der Waals surface area contributed by atoms with Crippen LogP contribution in [0.15, 0.2) is 54.6 Å². The van der Waals surface area contributed by atoms with Crippen LogP contribution in [0.3, 0.4) is 0 Å². The minimum Gasteiger partial charge on any atom is -0.477 e. The number of aromatic carboxylic acids is 1. The van der Waals surface area contributed by atoms with E-state index in [0.717, 1.165) is 33.3 Å². The minimum absolute atomic E-state index is 0.129. The number of nitrogens with one attached hydrogen (secondary N) is 1. The Balaban J connectivity index is 0.00000141. The van der Waals surface area contributed by atoms with Gasteiger partial charge in [0, 0.05) is 36.8 Å². The molecule has 0 radical (unpaired) electrons. The molecule has 2 N–H and O–H groups in total. The lowest BCUT2D eigenvalue weighted by atomic mass is 10.2. The van der Waals surface area contributed by atoms with Gasteiger partial charge in [0.05, 0.1) is 5.69 Å². The maximum absolute atomic E-state index is 12.8. The number of amides is 2. The number of piperazine rings is 1. The van der Waals surface area contributed by atoms with E-state index >= 15 is 0 Å². The Hall–Kier alpha value is -2.66. The van der Waals surface area contributed by atoms with Crippen molar-refractivity contribution >= 4 is 57.4 Å². The van der Waals surface area contributed by atoms with Gasteiger partial charge in [-0.2, -0.15) is 0 Å². The van der Waals surface area contributed by atoms with Gasteiger partial charge in [0.2, 0.25) is 0 Å². The van der Waals surface area contributed by atoms with Crippen molar-refractivity contribution in [1.82, 2.24) is 9.88 Å². The number of pyridine rings is 1. The van der Waals surface area contributed by atoms with E-state index < -0.39 is 5.97 Å². The van der Waals surface area contributed by atoms with Crippen molar-refractivity contribution in [2.24, 2.45) is 0 Å². The predicted octanol–water partition coefficient (Wildman–Crippen LogP) is 5.22. The van der Waals surface area contributed by atoms with E-state index in [1.165, 1.54) is 0 Å². The third-order valence-electron chi connectivity index (χ3n) is 4.99. The fourth-order valence-corrected chi connectivity index (χ4v) is 4.38. The molecular weight excluding hydrogens is 539 g/mol. The number of carboxylic acids is 1. The quantitative estimate of drug-likeness (QED) is 0.335. The maximum atomic E-state index is 12.8. The van der Waals surface area contributed by atoms with Crippen LogP contribution in [0.2, 0.25) is 0 Å². The molecule has 1 saturated heterocycles. The fraction of sp³-hybridized carbons (Fsp3) is 0.261. The largest absolute Gasteiger partial charge is 0.477 e. The lowest BCUT2D eigenvalue weighted by Gasteiger charge is -2.35. The van der Waals surface area contributed by atoms with E-state index in [1.54, 1.807) is 11.0 Å². The molecule has 0 aliphatic carbocycles. The summed E-state index contributed by atoms with van der Waals surface area (Å²) < 4.78 is 0. The van der Waals surface area contributed by atoms with Crippen molar-refractivity contribution < 1.29 is 14.7 Å². The zero-order valence-electron chi connectivity index (χ0n) is 17.9. The van der Waals surface area contributed by atoms with Crippen molar-refractivity contribution in [3.05, 3.63) is 65.2 Å². The van der Waals surface area contributed by atoms with Crippen LogP contribution in [-0.4, -0.2) is 58.1 Å². The molecule has 7 nitrogen and oxygen atoms in total. The summed E-state index contributed by atoms with van der Waals surface area (Å²) in [4.78, 5) is 35.8. The molecule has 168 valence electrons. The van der Waals surface area contributed by atoms with Gasteiger partial charge in [-0.3, -0.25) is 0 Å². The molecular formula is C23H25IN4O3S. The van der Waals surface area contributed by atoms with Gasteiger partial charge in [-0.15, -0.1) is 11.3 Å². The van der Waals surface area contributed by atoms with Crippen molar-refractivity contribution in [3.8, 4) is 10.4 Å². The van der Waals surface area contributed by atoms with Gasteiger partial charge in [-0.25, -0.2) is 14.6 Å². The highest BCUT2D eigenvalue weighted by molar-refractivity contribution is 14.1. The van der Waals surface area contributed by atoms with Crippen LogP contribution >= 0.6 is 33.9 Å². The van der Waals surface area contributed by atoms with Gasteiger partial charge in [0.15, 0.2) is 0 Å². The van der Waals surface area contributed by atoms with Gasteiger partial charge >= 0.3 is 12.0 Å². The van der Waals surface area contributed by atoms with Crippen molar-refractivity contribution in [3.63, 3.8) is 0 Å². The molecule has 0 spiro atoms. The molecule has 3 aromatic rings. The zero-order chi connectivity index (χ0) is 23.1. The Kier molecular flexibility index (Phi) is 8.46. The number of hydrogen-bond acceptors (Lipinski definition) is 5. The van der Waals surface area contributed by atoms with E-state index in [4.69, 9.17) is 0 Å². The summed E-state index contributed by atoms with van der Waals surface area (Å²) in [6.07, 6.45) is 0. The molecule has 1 aromatic carbocycles. The first-order valence-corrected chi connectivity index (χ1v) is 13.0. The van der Waals surface area contributed by atoms with Crippen LogP contribution in [0.1, 0.15) is 15.4 Å². The van der Waals surface area contributed by atoms with Crippen molar-refractivity contribution in [2.75, 3.05) is 41.3 Å². The summed E-state index contributed by atoms with van der Waals surface area (Å²) in [5, 5.41) is 12.4. The van der Waals surface area contributed by atoms with Crippen LogP contribution in [0.5, 0.6) is 0 Å². The van der Waals surface area contributed by atoms with Gasteiger partial charge in [0.25, 0.3) is 0 Å². The van der Waals surface area contributed by atoms with Crippen LogP contribution in [-0.2, 0) is 0 Å². The highest BCUT2D eigenvalue weighted by Crippen LogP contribution is 2.35. The number of aryl methyl sites for hydroxylation is 1. The highest BCUT2D eigenvalue weighted by Gasteiger charge is 2.24. The molecule has 32 heavy (non-hydrogen) atoms. The molecule has 0 atom stereocenters. The summed E-state index contributed by atoms with van der Waals surface area (Å²) in [5.74, 6) is -0.138. The number of alkyl halides is 1. The first-order valence-electron chi connectivity index (χ1n) is 10.1. The number of carboxylic acid groups (broad SMARTS) is 1. The number of anilines is 2. The average molecular weight is 564 g/mol. The molecule has 1 fully saturated rings. The summed E-state index contributed by atoms with van der Waals surface area (Å²) in [6, 6.07) is 16.9. The number of thiophene rings is 1. The first-order chi connectivity index (χ1) is 15.5. The summed E-state index contributed by atoms with van der Waals surface area (Å²) in [7, 11) is 0. The number of nitrogens with zero attached hydrogens (tertiary/aromatic N) is 3. The highest BCUT2D eigenvalue weighted by atomic mass is 127. The van der Waals surface area contributed by atoms with E-state index in [1.807, 2.05) is 60.4 Å². The molecule has 1 aliphatic heterocycles. The molecule has 2 aromatic heterocycles. The van der Waals surface area contributed by atoms with Gasteiger partial charge < -0.3 is 20.2 Å². The van der Waals surface area contributed by atoms with Crippen molar-refractivity contribution in [2.45, 2.75) is 6.92 Å². The van der Waals surface area contributed by atoms with E-state index in [0.29, 0.717) is 31.9 Å². The lowest BCUT2D eigenvalue weighted by Crippen LogP contribution is -2.50. The molecule has 0 saturated carbocycles. The topological polar surface area (TPSA) is 85.8 Å². The van der Waals surface area contributed by atoms with E-state index in [9.17, 15) is 14.7 Å². The molecule has 3 heterocycles. The summed E-state index contributed by atoms with van der Waals surface area (Å²) in [6.45, 7) is 4.39. The Morgan fingerprint density at radius 3 is 2.34 bits per heavy atom. The molecule has 0 unspecified atom stereocenters. The smallest absolute Gasteiger partial charge is 0.348 e. The second-order valence-electron chi connectivity index (χ2n) is 7.07. The number of urea groups is 1. The minimum atomic E-state index is -1.05. The predicted molar refractivity (Wildman–Crippen MR) is 138 cm³/mol. The van der Waals surface area contributed by atoms with Crippen LogP contribution < -0.4 is 10.2 Å². The fourth-order valence-electron chi connectivity index (χ4n) is 3.43. The van der Waals surface area contributed by atoms with Gasteiger partial charge in [-0.1, -0.05) is 59.0 Å². The Morgan fingerprint density at radius 2 is 1.72 bits per heavy atom. The second-order valence-corrected chi connectivity index (χ2v) is 8.12. The number of benzene rings is 1. The molecule has 0 bridgehead atoms. The molecule has 2 amide bonds. The third-order valence-corrected chi connectivity index (χ3v) is 6.16. The average Bonchev–Trinajstić information content (AvgIpc) is 3.25. The lowest BCUT2D eigenvalue weighted by molar-refractivity contribution is 0.0703.